The molecule has 9 heteroatoms. The molecule has 0 aliphatic rings. The van der Waals surface area contributed by atoms with Crippen molar-refractivity contribution >= 4 is 40.8 Å². The lowest BCUT2D eigenvalue weighted by molar-refractivity contribution is -0.138. The highest BCUT2D eigenvalue weighted by molar-refractivity contribution is 6.44. The standard InChI is InChI=1S/C16H10Cl2F3NO3/c17-11-6-3-7-12(14(11)18)22-13(23)8-25-15(24)9-4-1-2-5-10(9)16(19,20)21/h1-7H,8H2,(H,22,23). The van der Waals surface area contributed by atoms with Gasteiger partial charge in [-0.3, -0.25) is 4.79 Å². The summed E-state index contributed by atoms with van der Waals surface area (Å²) in [6, 6.07) is 8.64. The molecule has 25 heavy (non-hydrogen) atoms. The largest absolute Gasteiger partial charge is 0.452 e. The van der Waals surface area contributed by atoms with Crippen LogP contribution in [-0.4, -0.2) is 18.5 Å². The Bertz CT molecular complexity index is 809. The van der Waals surface area contributed by atoms with Crippen molar-refractivity contribution in [3.63, 3.8) is 0 Å². The summed E-state index contributed by atoms with van der Waals surface area (Å²) in [6.07, 6.45) is -4.72. The number of rotatable bonds is 4. The summed E-state index contributed by atoms with van der Waals surface area (Å²) in [4.78, 5) is 23.6. The number of nitrogens with one attached hydrogen (secondary N) is 1. The summed E-state index contributed by atoms with van der Waals surface area (Å²) in [7, 11) is 0. The molecule has 0 saturated heterocycles. The van der Waals surface area contributed by atoms with E-state index in [1.807, 2.05) is 0 Å². The van der Waals surface area contributed by atoms with Gasteiger partial charge in [-0.1, -0.05) is 41.4 Å². The summed E-state index contributed by atoms with van der Waals surface area (Å²) < 4.78 is 43.2. The Morgan fingerprint density at radius 3 is 2.40 bits per heavy atom. The van der Waals surface area contributed by atoms with Crippen LogP contribution in [0.5, 0.6) is 0 Å². The quantitative estimate of drug-likeness (QED) is 0.761. The van der Waals surface area contributed by atoms with Crippen LogP contribution in [0.4, 0.5) is 18.9 Å². The minimum absolute atomic E-state index is 0.0891. The zero-order valence-corrected chi connectivity index (χ0v) is 13.9. The molecular formula is C16H10Cl2F3NO3. The number of hydrogen-bond donors (Lipinski definition) is 1. The first-order valence-electron chi connectivity index (χ1n) is 6.77. The fraction of sp³-hybridized carbons (Fsp3) is 0.125. The second kappa shape index (κ2) is 7.76. The Balaban J connectivity index is 2.03. The molecule has 132 valence electrons. The second-order valence-electron chi connectivity index (χ2n) is 4.77. The van der Waals surface area contributed by atoms with Crippen molar-refractivity contribution in [1.29, 1.82) is 0 Å². The van der Waals surface area contributed by atoms with E-state index in [2.05, 4.69) is 10.1 Å². The topological polar surface area (TPSA) is 55.4 Å². The number of anilines is 1. The van der Waals surface area contributed by atoms with Gasteiger partial charge < -0.3 is 10.1 Å². The lowest BCUT2D eigenvalue weighted by Gasteiger charge is -2.12. The number of hydrogen-bond acceptors (Lipinski definition) is 3. The molecule has 0 aliphatic carbocycles. The van der Waals surface area contributed by atoms with Crippen molar-refractivity contribution in [3.05, 3.63) is 63.6 Å². The van der Waals surface area contributed by atoms with Gasteiger partial charge >= 0.3 is 12.1 Å². The van der Waals surface area contributed by atoms with Crippen LogP contribution in [0.15, 0.2) is 42.5 Å². The van der Waals surface area contributed by atoms with Crippen molar-refractivity contribution in [2.75, 3.05) is 11.9 Å². The van der Waals surface area contributed by atoms with Gasteiger partial charge in [0.05, 0.1) is 26.9 Å². The predicted molar refractivity (Wildman–Crippen MR) is 86.8 cm³/mol. The van der Waals surface area contributed by atoms with Crippen LogP contribution in [-0.2, 0) is 15.7 Å². The van der Waals surface area contributed by atoms with Crippen LogP contribution < -0.4 is 5.32 Å². The van der Waals surface area contributed by atoms with Gasteiger partial charge in [-0.15, -0.1) is 0 Å². The van der Waals surface area contributed by atoms with Gasteiger partial charge in [0, 0.05) is 0 Å². The van der Waals surface area contributed by atoms with Gasteiger partial charge in [0.1, 0.15) is 0 Å². The van der Waals surface area contributed by atoms with E-state index in [1.54, 1.807) is 0 Å². The van der Waals surface area contributed by atoms with E-state index >= 15 is 0 Å². The van der Waals surface area contributed by atoms with Crippen molar-refractivity contribution in [1.82, 2.24) is 0 Å². The van der Waals surface area contributed by atoms with Gasteiger partial charge in [0.15, 0.2) is 6.61 Å². The maximum absolute atomic E-state index is 12.9. The molecule has 2 aromatic carbocycles. The molecular weight excluding hydrogens is 382 g/mol. The molecule has 0 aliphatic heterocycles. The first kappa shape index (κ1) is 19.1. The van der Waals surface area contributed by atoms with E-state index in [0.29, 0.717) is 0 Å². The Kier molecular flexibility index (Phi) is 5.92. The third-order valence-electron chi connectivity index (χ3n) is 3.01. The maximum Gasteiger partial charge on any atom is 0.417 e. The molecule has 0 radical (unpaired) electrons. The Morgan fingerprint density at radius 2 is 1.72 bits per heavy atom. The number of alkyl halides is 3. The van der Waals surface area contributed by atoms with Gasteiger partial charge in [0.2, 0.25) is 0 Å². The first-order chi connectivity index (χ1) is 11.7. The molecule has 0 heterocycles. The highest BCUT2D eigenvalue weighted by atomic mass is 35.5. The molecule has 0 spiro atoms. The van der Waals surface area contributed by atoms with Crippen LogP contribution in [0, 0.1) is 0 Å². The highest BCUT2D eigenvalue weighted by Crippen LogP contribution is 2.32. The smallest absolute Gasteiger partial charge is 0.417 e. The molecule has 0 unspecified atom stereocenters. The molecule has 0 bridgehead atoms. The SMILES string of the molecule is O=C(COC(=O)c1ccccc1C(F)(F)F)Nc1cccc(Cl)c1Cl. The fourth-order valence-corrected chi connectivity index (χ4v) is 2.25. The predicted octanol–water partition coefficient (Wildman–Crippen LogP) is 4.81. The zero-order chi connectivity index (χ0) is 18.6. The van der Waals surface area contributed by atoms with E-state index in [0.717, 1.165) is 18.2 Å². The summed E-state index contributed by atoms with van der Waals surface area (Å²) in [5.41, 5.74) is -1.63. The lowest BCUT2D eigenvalue weighted by atomic mass is 10.1. The second-order valence-corrected chi connectivity index (χ2v) is 5.55. The van der Waals surface area contributed by atoms with Crippen LogP contribution >= 0.6 is 23.2 Å². The number of esters is 1. The van der Waals surface area contributed by atoms with Crippen LogP contribution in [0.1, 0.15) is 15.9 Å². The molecule has 2 rings (SSSR count). The number of halogens is 5. The summed E-state index contributed by atoms with van der Waals surface area (Å²) in [5, 5.41) is 2.64. The number of ether oxygens (including phenoxy) is 1. The van der Waals surface area contributed by atoms with E-state index < -0.39 is 35.8 Å². The van der Waals surface area contributed by atoms with Crippen LogP contribution in [0.2, 0.25) is 10.0 Å². The Morgan fingerprint density at radius 1 is 1.04 bits per heavy atom. The van der Waals surface area contributed by atoms with Gasteiger partial charge in [0.25, 0.3) is 5.91 Å². The Hall–Kier alpha value is -2.25. The average molecular weight is 392 g/mol. The normalized spacial score (nSPS) is 11.1. The number of amides is 1. The molecule has 0 aromatic heterocycles. The average Bonchev–Trinajstić information content (AvgIpc) is 2.56. The van der Waals surface area contributed by atoms with Crippen LogP contribution in [0.25, 0.3) is 0 Å². The van der Waals surface area contributed by atoms with Crippen molar-refractivity contribution in [2.45, 2.75) is 6.18 Å². The van der Waals surface area contributed by atoms with Crippen molar-refractivity contribution in [3.8, 4) is 0 Å². The third kappa shape index (κ3) is 4.87. The molecule has 2 aromatic rings. The minimum Gasteiger partial charge on any atom is -0.452 e. The molecule has 1 N–H and O–H groups in total. The number of carbonyl (C=O) groups excluding carboxylic acids is 2. The van der Waals surface area contributed by atoms with E-state index in [1.165, 1.54) is 24.3 Å². The van der Waals surface area contributed by atoms with Gasteiger partial charge in [-0.25, -0.2) is 4.79 Å². The summed E-state index contributed by atoms with van der Waals surface area (Å²) >= 11 is 11.7. The highest BCUT2D eigenvalue weighted by Gasteiger charge is 2.35. The molecule has 1 amide bonds. The third-order valence-corrected chi connectivity index (χ3v) is 3.83. The molecule has 0 atom stereocenters. The molecule has 0 saturated carbocycles. The molecule has 0 fully saturated rings. The molecule has 4 nitrogen and oxygen atoms in total. The summed E-state index contributed by atoms with van der Waals surface area (Å²) in [6.45, 7) is -0.784. The lowest BCUT2D eigenvalue weighted by Crippen LogP contribution is -2.22. The Labute approximate surface area is 150 Å². The number of benzene rings is 2. The monoisotopic (exact) mass is 391 g/mol. The maximum atomic E-state index is 12.9. The van der Waals surface area contributed by atoms with E-state index in [9.17, 15) is 22.8 Å². The van der Waals surface area contributed by atoms with Gasteiger partial charge in [-0.2, -0.15) is 13.2 Å². The van der Waals surface area contributed by atoms with Crippen molar-refractivity contribution in [2.24, 2.45) is 0 Å². The van der Waals surface area contributed by atoms with Crippen LogP contribution in [0.3, 0.4) is 0 Å². The van der Waals surface area contributed by atoms with Gasteiger partial charge in [-0.05, 0) is 24.3 Å². The number of carbonyl (C=O) groups is 2. The summed E-state index contributed by atoms with van der Waals surface area (Å²) in [5.74, 6) is -2.04. The fourth-order valence-electron chi connectivity index (χ4n) is 1.90. The first-order valence-corrected chi connectivity index (χ1v) is 7.53. The minimum atomic E-state index is -4.72. The van der Waals surface area contributed by atoms with E-state index in [-0.39, 0.29) is 15.7 Å². The van der Waals surface area contributed by atoms with Crippen molar-refractivity contribution < 1.29 is 27.5 Å². The zero-order valence-electron chi connectivity index (χ0n) is 12.4. The van der Waals surface area contributed by atoms with E-state index in [4.69, 9.17) is 23.2 Å².